The number of aromatic nitrogens is 2. The Morgan fingerprint density at radius 3 is 2.62 bits per heavy atom. The Hall–Kier alpha value is -2.82. The minimum absolute atomic E-state index is 0.526. The summed E-state index contributed by atoms with van der Waals surface area (Å²) in [6, 6.07) is 15.2. The van der Waals surface area contributed by atoms with Crippen molar-refractivity contribution < 1.29 is 9.26 Å². The van der Waals surface area contributed by atoms with E-state index in [0.29, 0.717) is 18.1 Å². The smallest absolute Gasteiger partial charge is 0.231 e. The highest BCUT2D eigenvalue weighted by molar-refractivity contribution is 5.63. The van der Waals surface area contributed by atoms with Gasteiger partial charge in [0.25, 0.3) is 0 Å². The Labute approximate surface area is 122 Å². The van der Waals surface area contributed by atoms with Crippen LogP contribution in [0.25, 0.3) is 11.4 Å². The zero-order chi connectivity index (χ0) is 14.7. The van der Waals surface area contributed by atoms with E-state index >= 15 is 0 Å². The fraction of sp³-hybridized carbons (Fsp3) is 0.125. The number of anilines is 1. The predicted octanol–water partition coefficient (Wildman–Crippen LogP) is 2.92. The van der Waals surface area contributed by atoms with Crippen molar-refractivity contribution in [1.29, 1.82) is 0 Å². The van der Waals surface area contributed by atoms with Crippen LogP contribution in [0.4, 0.5) is 5.69 Å². The van der Waals surface area contributed by atoms with Gasteiger partial charge in [-0.25, -0.2) is 0 Å². The van der Waals surface area contributed by atoms with Crippen molar-refractivity contribution in [2.75, 3.05) is 12.8 Å². The maximum absolute atomic E-state index is 5.67. The molecule has 0 aliphatic carbocycles. The molecule has 0 bridgehead atoms. The van der Waals surface area contributed by atoms with Gasteiger partial charge in [-0.2, -0.15) is 4.98 Å². The number of methoxy groups -OCH3 is 1. The van der Waals surface area contributed by atoms with Crippen molar-refractivity contribution in [1.82, 2.24) is 10.1 Å². The van der Waals surface area contributed by atoms with Gasteiger partial charge in [-0.15, -0.1) is 0 Å². The van der Waals surface area contributed by atoms with Crippen molar-refractivity contribution in [3.05, 3.63) is 60.0 Å². The van der Waals surface area contributed by atoms with Crippen LogP contribution in [0.1, 0.15) is 11.5 Å². The van der Waals surface area contributed by atoms with Crippen LogP contribution in [0.15, 0.2) is 53.1 Å². The Morgan fingerprint density at radius 1 is 1.10 bits per heavy atom. The highest BCUT2D eigenvalue weighted by Gasteiger charge is 2.12. The maximum Gasteiger partial charge on any atom is 0.231 e. The van der Waals surface area contributed by atoms with Gasteiger partial charge >= 0.3 is 0 Å². The van der Waals surface area contributed by atoms with Crippen molar-refractivity contribution in [3.8, 4) is 17.1 Å². The zero-order valence-electron chi connectivity index (χ0n) is 11.6. The zero-order valence-corrected chi connectivity index (χ0v) is 11.6. The number of hydrogen-bond donors (Lipinski definition) is 1. The number of benzene rings is 2. The first-order valence-corrected chi connectivity index (χ1v) is 6.56. The lowest BCUT2D eigenvalue weighted by Gasteiger charge is -2.03. The van der Waals surface area contributed by atoms with Crippen LogP contribution in [0.5, 0.6) is 5.75 Å². The number of nitrogens with zero attached hydrogens (tertiary/aromatic N) is 2. The minimum Gasteiger partial charge on any atom is -0.496 e. The van der Waals surface area contributed by atoms with Crippen LogP contribution >= 0.6 is 0 Å². The van der Waals surface area contributed by atoms with Crippen LogP contribution in [-0.2, 0) is 6.42 Å². The molecule has 0 radical (unpaired) electrons. The normalized spacial score (nSPS) is 10.5. The predicted molar refractivity (Wildman–Crippen MR) is 79.9 cm³/mol. The van der Waals surface area contributed by atoms with Gasteiger partial charge in [0.1, 0.15) is 5.75 Å². The van der Waals surface area contributed by atoms with Crippen LogP contribution in [0.2, 0.25) is 0 Å². The summed E-state index contributed by atoms with van der Waals surface area (Å²) >= 11 is 0. The van der Waals surface area contributed by atoms with Gasteiger partial charge < -0.3 is 15.0 Å². The molecule has 0 aliphatic rings. The lowest BCUT2D eigenvalue weighted by atomic mass is 10.1. The molecule has 106 valence electrons. The molecule has 0 fully saturated rings. The fourth-order valence-corrected chi connectivity index (χ4v) is 2.08. The van der Waals surface area contributed by atoms with Gasteiger partial charge in [0.2, 0.25) is 11.7 Å². The average Bonchev–Trinajstić information content (AvgIpc) is 2.98. The molecular formula is C16H15N3O2. The van der Waals surface area contributed by atoms with E-state index in [1.165, 1.54) is 0 Å². The molecule has 2 N–H and O–H groups in total. The summed E-state index contributed by atoms with van der Waals surface area (Å²) in [5, 5.41) is 4.02. The second-order valence-corrected chi connectivity index (χ2v) is 4.63. The average molecular weight is 281 g/mol. The van der Waals surface area contributed by atoms with Crippen LogP contribution in [0.3, 0.4) is 0 Å². The highest BCUT2D eigenvalue weighted by Crippen LogP contribution is 2.27. The fourth-order valence-electron chi connectivity index (χ4n) is 2.08. The molecule has 0 atom stereocenters. The van der Waals surface area contributed by atoms with Crippen molar-refractivity contribution in [2.45, 2.75) is 6.42 Å². The second kappa shape index (κ2) is 5.66. The first kappa shape index (κ1) is 13.2. The molecule has 0 amide bonds. The molecule has 1 aromatic heterocycles. The van der Waals surface area contributed by atoms with E-state index in [0.717, 1.165) is 22.6 Å². The van der Waals surface area contributed by atoms with Crippen molar-refractivity contribution in [3.63, 3.8) is 0 Å². The number of nitrogens with two attached hydrogens (primary N) is 1. The second-order valence-electron chi connectivity index (χ2n) is 4.63. The Kier molecular flexibility index (Phi) is 3.55. The van der Waals surface area contributed by atoms with E-state index in [1.54, 1.807) is 7.11 Å². The van der Waals surface area contributed by atoms with Gasteiger partial charge in [-0.05, 0) is 29.8 Å². The van der Waals surface area contributed by atoms with E-state index in [4.69, 9.17) is 15.0 Å². The Bertz CT molecular complexity index is 735. The molecule has 5 heteroatoms. The van der Waals surface area contributed by atoms with Crippen LogP contribution in [0, 0.1) is 0 Å². The van der Waals surface area contributed by atoms with Crippen LogP contribution in [-0.4, -0.2) is 17.3 Å². The standard InChI is InChI=1S/C16H15N3O2/c1-20-14-5-3-2-4-13(14)16-18-15(21-19-16)10-11-6-8-12(17)9-7-11/h2-9H,10,17H2,1H3. The molecular weight excluding hydrogens is 266 g/mol. The Balaban J connectivity index is 1.84. The maximum atomic E-state index is 5.67. The monoisotopic (exact) mass is 281 g/mol. The molecule has 3 aromatic rings. The van der Waals surface area contributed by atoms with E-state index in [1.807, 2.05) is 48.5 Å². The third-order valence-corrected chi connectivity index (χ3v) is 3.15. The summed E-state index contributed by atoms with van der Waals surface area (Å²) in [6.45, 7) is 0. The number of rotatable bonds is 4. The third-order valence-electron chi connectivity index (χ3n) is 3.15. The molecule has 2 aromatic carbocycles. The highest BCUT2D eigenvalue weighted by atomic mass is 16.5. The third kappa shape index (κ3) is 2.86. The van der Waals surface area contributed by atoms with Gasteiger partial charge in [0, 0.05) is 5.69 Å². The van der Waals surface area contributed by atoms with Gasteiger partial charge in [0.05, 0.1) is 19.1 Å². The van der Waals surface area contributed by atoms with E-state index in [9.17, 15) is 0 Å². The van der Waals surface area contributed by atoms with Crippen molar-refractivity contribution in [2.24, 2.45) is 0 Å². The molecule has 0 aliphatic heterocycles. The molecule has 0 saturated carbocycles. The van der Waals surface area contributed by atoms with E-state index < -0.39 is 0 Å². The first-order chi connectivity index (χ1) is 10.3. The van der Waals surface area contributed by atoms with Crippen LogP contribution < -0.4 is 10.5 Å². The number of hydrogen-bond acceptors (Lipinski definition) is 5. The molecule has 0 spiro atoms. The van der Waals surface area contributed by atoms with Gasteiger partial charge in [-0.3, -0.25) is 0 Å². The largest absolute Gasteiger partial charge is 0.496 e. The number of ether oxygens (including phenoxy) is 1. The summed E-state index contributed by atoms with van der Waals surface area (Å²) in [7, 11) is 1.62. The van der Waals surface area contributed by atoms with Gasteiger partial charge in [0.15, 0.2) is 0 Å². The number of nitrogen functional groups attached to an aromatic ring is 1. The number of para-hydroxylation sites is 1. The lowest BCUT2D eigenvalue weighted by Crippen LogP contribution is -1.91. The molecule has 21 heavy (non-hydrogen) atoms. The van der Waals surface area contributed by atoms with E-state index in [2.05, 4.69) is 10.1 Å². The topological polar surface area (TPSA) is 74.2 Å². The molecule has 0 saturated heterocycles. The summed E-state index contributed by atoms with van der Waals surface area (Å²) in [6.07, 6.45) is 0.572. The van der Waals surface area contributed by atoms with E-state index in [-0.39, 0.29) is 0 Å². The molecule has 3 rings (SSSR count). The SMILES string of the molecule is COc1ccccc1-c1noc(Cc2ccc(N)cc2)n1. The van der Waals surface area contributed by atoms with Crippen molar-refractivity contribution >= 4 is 5.69 Å². The lowest BCUT2D eigenvalue weighted by molar-refractivity contribution is 0.384. The molecule has 5 nitrogen and oxygen atoms in total. The molecule has 1 heterocycles. The minimum atomic E-state index is 0.526. The summed E-state index contributed by atoms with van der Waals surface area (Å²) in [4.78, 5) is 4.42. The van der Waals surface area contributed by atoms with Gasteiger partial charge in [-0.1, -0.05) is 29.4 Å². The Morgan fingerprint density at radius 2 is 1.86 bits per heavy atom. The quantitative estimate of drug-likeness (QED) is 0.744. The summed E-state index contributed by atoms with van der Waals surface area (Å²) in [5.41, 5.74) is 8.28. The first-order valence-electron chi connectivity index (χ1n) is 6.56. The summed E-state index contributed by atoms with van der Waals surface area (Å²) < 4.78 is 10.6. The molecule has 0 unspecified atom stereocenters. The summed E-state index contributed by atoms with van der Waals surface area (Å²) in [5.74, 6) is 1.80.